The van der Waals surface area contributed by atoms with Gasteiger partial charge in [-0.05, 0) is 32.8 Å². The Hall–Kier alpha value is -1.54. The molecule has 2 N–H and O–H groups in total. The summed E-state index contributed by atoms with van der Waals surface area (Å²) in [7, 11) is 0. The fourth-order valence-electron chi connectivity index (χ4n) is 3.22. The van der Waals surface area contributed by atoms with Crippen LogP contribution in [0.3, 0.4) is 0 Å². The third kappa shape index (κ3) is 8.65. The van der Waals surface area contributed by atoms with Crippen LogP contribution in [0.5, 0.6) is 5.75 Å². The van der Waals surface area contributed by atoms with Crippen LogP contribution < -0.4 is 15.4 Å². The molecule has 6 heteroatoms. The minimum atomic E-state index is 0. The van der Waals surface area contributed by atoms with Gasteiger partial charge in [-0.3, -0.25) is 4.90 Å². The van der Waals surface area contributed by atoms with Gasteiger partial charge < -0.3 is 15.4 Å². The SMILES string of the molecule is C=CCOc1ccccc1CN=C(NCC)NC1CCN(CC(=C)C)CC1.I. The quantitative estimate of drug-likeness (QED) is 0.234. The molecule has 0 atom stereocenters. The predicted octanol–water partition coefficient (Wildman–Crippen LogP) is 3.97. The van der Waals surface area contributed by atoms with Crippen molar-refractivity contribution in [1.29, 1.82) is 0 Å². The predicted molar refractivity (Wildman–Crippen MR) is 130 cm³/mol. The van der Waals surface area contributed by atoms with Crippen molar-refractivity contribution in [2.75, 3.05) is 32.8 Å². The van der Waals surface area contributed by atoms with Gasteiger partial charge in [-0.15, -0.1) is 24.0 Å². The first-order chi connectivity index (χ1) is 13.1. The molecule has 1 fully saturated rings. The molecule has 1 saturated heterocycles. The molecule has 0 bridgehead atoms. The fourth-order valence-corrected chi connectivity index (χ4v) is 3.22. The molecule has 5 nitrogen and oxygen atoms in total. The summed E-state index contributed by atoms with van der Waals surface area (Å²) in [6.07, 6.45) is 4.00. The summed E-state index contributed by atoms with van der Waals surface area (Å²) < 4.78 is 5.73. The van der Waals surface area contributed by atoms with Crippen molar-refractivity contribution in [3.8, 4) is 5.75 Å². The molecule has 0 spiro atoms. The van der Waals surface area contributed by atoms with Gasteiger partial charge in [-0.2, -0.15) is 0 Å². The molecule has 2 rings (SSSR count). The van der Waals surface area contributed by atoms with E-state index in [1.165, 1.54) is 5.57 Å². The topological polar surface area (TPSA) is 48.9 Å². The van der Waals surface area contributed by atoms with Crippen LogP contribution in [0, 0.1) is 0 Å². The Bertz CT molecular complexity index is 639. The molecule has 156 valence electrons. The lowest BCUT2D eigenvalue weighted by atomic mass is 10.0. The summed E-state index contributed by atoms with van der Waals surface area (Å²) in [5, 5.41) is 6.96. The number of benzene rings is 1. The zero-order valence-electron chi connectivity index (χ0n) is 17.2. The first kappa shape index (κ1) is 24.5. The van der Waals surface area contributed by atoms with Crippen molar-refractivity contribution in [1.82, 2.24) is 15.5 Å². The molecular weight excluding hydrogens is 463 g/mol. The van der Waals surface area contributed by atoms with Gasteiger partial charge in [0, 0.05) is 37.8 Å². The second kappa shape index (κ2) is 13.6. The molecular formula is C22H35IN4O. The standard InChI is InChI=1S/C22H34N4O.HI/c1-5-15-27-21-10-8-7-9-19(21)16-24-22(23-6-2)25-20-11-13-26(14-12-20)17-18(3)4;/h5,7-10,20H,1,3,6,11-17H2,2,4H3,(H2,23,24,25);1H. The second-order valence-corrected chi connectivity index (χ2v) is 7.05. The van der Waals surface area contributed by atoms with Gasteiger partial charge in [0.1, 0.15) is 12.4 Å². The Morgan fingerprint density at radius 1 is 1.32 bits per heavy atom. The Morgan fingerprint density at radius 2 is 2.04 bits per heavy atom. The average Bonchev–Trinajstić information content (AvgIpc) is 2.66. The van der Waals surface area contributed by atoms with Crippen molar-refractivity contribution >= 4 is 29.9 Å². The molecule has 0 amide bonds. The van der Waals surface area contributed by atoms with Crippen LogP contribution >= 0.6 is 24.0 Å². The second-order valence-electron chi connectivity index (χ2n) is 7.05. The number of nitrogens with zero attached hydrogens (tertiary/aromatic N) is 2. The number of hydrogen-bond donors (Lipinski definition) is 2. The highest BCUT2D eigenvalue weighted by Gasteiger charge is 2.19. The first-order valence-electron chi connectivity index (χ1n) is 9.85. The number of rotatable bonds is 9. The average molecular weight is 498 g/mol. The molecule has 1 aliphatic rings. The van der Waals surface area contributed by atoms with E-state index in [0.29, 0.717) is 19.2 Å². The summed E-state index contributed by atoms with van der Waals surface area (Å²) in [6.45, 7) is 17.0. The van der Waals surface area contributed by atoms with E-state index in [-0.39, 0.29) is 24.0 Å². The maximum atomic E-state index is 5.73. The highest BCUT2D eigenvalue weighted by molar-refractivity contribution is 14.0. The smallest absolute Gasteiger partial charge is 0.191 e. The van der Waals surface area contributed by atoms with Crippen molar-refractivity contribution in [2.45, 2.75) is 39.3 Å². The number of nitrogens with one attached hydrogen (secondary N) is 2. The van der Waals surface area contributed by atoms with Crippen LogP contribution in [0.2, 0.25) is 0 Å². The minimum absolute atomic E-state index is 0. The monoisotopic (exact) mass is 498 g/mol. The Labute approximate surface area is 187 Å². The zero-order chi connectivity index (χ0) is 19.5. The van der Waals surface area contributed by atoms with Crippen LogP contribution in [-0.2, 0) is 6.54 Å². The Balaban J connectivity index is 0.00000392. The molecule has 0 aromatic heterocycles. The van der Waals surface area contributed by atoms with Crippen molar-refractivity contribution < 1.29 is 4.74 Å². The number of guanidine groups is 1. The number of likely N-dealkylation sites (tertiary alicyclic amines) is 1. The number of ether oxygens (including phenoxy) is 1. The van der Waals surface area contributed by atoms with Gasteiger partial charge in [0.05, 0.1) is 6.54 Å². The normalized spacial score (nSPS) is 15.4. The molecule has 0 unspecified atom stereocenters. The summed E-state index contributed by atoms with van der Waals surface area (Å²) in [5.41, 5.74) is 2.31. The lowest BCUT2D eigenvalue weighted by Gasteiger charge is -2.33. The highest BCUT2D eigenvalue weighted by atomic mass is 127. The third-order valence-electron chi connectivity index (χ3n) is 4.50. The van der Waals surface area contributed by atoms with E-state index in [0.717, 1.165) is 56.3 Å². The van der Waals surface area contributed by atoms with Crippen LogP contribution in [0.4, 0.5) is 0 Å². The van der Waals surface area contributed by atoms with E-state index in [4.69, 9.17) is 9.73 Å². The number of piperidine rings is 1. The maximum absolute atomic E-state index is 5.73. The molecule has 28 heavy (non-hydrogen) atoms. The zero-order valence-corrected chi connectivity index (χ0v) is 19.6. The van der Waals surface area contributed by atoms with Gasteiger partial charge in [0.15, 0.2) is 5.96 Å². The van der Waals surface area contributed by atoms with Gasteiger partial charge in [0.25, 0.3) is 0 Å². The maximum Gasteiger partial charge on any atom is 0.191 e. The lowest BCUT2D eigenvalue weighted by Crippen LogP contribution is -2.48. The Morgan fingerprint density at radius 3 is 2.68 bits per heavy atom. The molecule has 1 aliphatic heterocycles. The van der Waals surface area contributed by atoms with E-state index >= 15 is 0 Å². The van der Waals surface area contributed by atoms with Crippen LogP contribution in [0.15, 0.2) is 54.1 Å². The van der Waals surface area contributed by atoms with E-state index in [1.54, 1.807) is 6.08 Å². The summed E-state index contributed by atoms with van der Waals surface area (Å²) in [4.78, 5) is 7.24. The minimum Gasteiger partial charge on any atom is -0.489 e. The molecule has 0 aliphatic carbocycles. The van der Waals surface area contributed by atoms with Gasteiger partial charge in [-0.25, -0.2) is 4.99 Å². The largest absolute Gasteiger partial charge is 0.489 e. The molecule has 1 aromatic rings. The van der Waals surface area contributed by atoms with Crippen LogP contribution in [0.25, 0.3) is 0 Å². The van der Waals surface area contributed by atoms with Crippen molar-refractivity contribution in [3.63, 3.8) is 0 Å². The summed E-state index contributed by atoms with van der Waals surface area (Å²) in [5.74, 6) is 1.74. The van der Waals surface area contributed by atoms with Crippen LogP contribution in [-0.4, -0.2) is 49.7 Å². The van der Waals surface area contributed by atoms with Gasteiger partial charge in [0.2, 0.25) is 0 Å². The van der Waals surface area contributed by atoms with Gasteiger partial charge >= 0.3 is 0 Å². The number of aliphatic imine (C=N–C) groups is 1. The molecule has 1 heterocycles. The van der Waals surface area contributed by atoms with E-state index in [9.17, 15) is 0 Å². The molecule has 1 aromatic carbocycles. The summed E-state index contributed by atoms with van der Waals surface area (Å²) >= 11 is 0. The number of para-hydroxylation sites is 1. The fraction of sp³-hybridized carbons (Fsp3) is 0.500. The third-order valence-corrected chi connectivity index (χ3v) is 4.50. The van der Waals surface area contributed by atoms with E-state index < -0.39 is 0 Å². The molecule has 0 radical (unpaired) electrons. The Kier molecular flexibility index (Phi) is 11.9. The summed E-state index contributed by atoms with van der Waals surface area (Å²) in [6, 6.07) is 8.49. The highest BCUT2D eigenvalue weighted by Crippen LogP contribution is 2.19. The van der Waals surface area contributed by atoms with E-state index in [2.05, 4.69) is 48.6 Å². The number of halogens is 1. The van der Waals surface area contributed by atoms with E-state index in [1.807, 2.05) is 18.2 Å². The number of hydrogen-bond acceptors (Lipinski definition) is 3. The molecule has 0 saturated carbocycles. The first-order valence-corrected chi connectivity index (χ1v) is 9.85. The van der Waals surface area contributed by atoms with Crippen molar-refractivity contribution in [2.24, 2.45) is 4.99 Å². The van der Waals surface area contributed by atoms with Gasteiger partial charge in [-0.1, -0.05) is 43.0 Å². The van der Waals surface area contributed by atoms with Crippen LogP contribution in [0.1, 0.15) is 32.3 Å². The lowest BCUT2D eigenvalue weighted by molar-refractivity contribution is 0.221. The van der Waals surface area contributed by atoms with Crippen molar-refractivity contribution in [3.05, 3.63) is 54.6 Å².